The molecule has 172 valence electrons. The maximum Gasteiger partial charge on any atom is 0.339 e. The molecule has 2 heterocycles. The normalized spacial score (nSPS) is 10.6. The molecule has 1 aromatic carbocycles. The molecule has 11 heteroatoms. The van der Waals surface area contributed by atoms with Crippen LogP contribution in [0.2, 0.25) is 0 Å². The van der Waals surface area contributed by atoms with E-state index in [1.807, 2.05) is 0 Å². The molecule has 0 spiro atoms. The van der Waals surface area contributed by atoms with Crippen molar-refractivity contribution in [3.05, 3.63) is 97.6 Å². The summed E-state index contributed by atoms with van der Waals surface area (Å²) in [4.78, 5) is 21.6. The number of aromatic hydroxyl groups is 1. The van der Waals surface area contributed by atoms with Crippen LogP contribution in [0.25, 0.3) is 24.3 Å². The van der Waals surface area contributed by atoms with Crippen molar-refractivity contribution in [2.24, 2.45) is 14.1 Å². The Morgan fingerprint density at radius 1 is 0.758 bits per heavy atom. The molecular weight excluding hydrogens is 654 g/mol. The first-order chi connectivity index (χ1) is 14.7. The van der Waals surface area contributed by atoms with Gasteiger partial charge in [-0.15, -0.1) is 0 Å². The summed E-state index contributed by atoms with van der Waals surface area (Å²) in [6.07, 6.45) is 12.7. The molecule has 0 fully saturated rings. The molecule has 1 N–H and O–H groups in total. The van der Waals surface area contributed by atoms with Crippen molar-refractivity contribution in [3.8, 4) is 5.75 Å². The number of phenolic OH excluding ortho intramolecular Hbond substituents is 1. The Morgan fingerprint density at radius 3 is 1.70 bits per heavy atom. The van der Waals surface area contributed by atoms with Gasteiger partial charge < -0.3 is 53.1 Å². The topological polar surface area (TPSA) is 114 Å². The third-order valence-electron chi connectivity index (χ3n) is 4.56. The summed E-state index contributed by atoms with van der Waals surface area (Å²) < 4.78 is 3.18. The monoisotopic (exact) mass is 674 g/mol. The van der Waals surface area contributed by atoms with Crippen LogP contribution in [0.3, 0.4) is 0 Å². The summed E-state index contributed by atoms with van der Waals surface area (Å²) in [6, 6.07) is 8.11. The number of pyridine rings is 2. The second kappa shape index (κ2) is 12.3. The first-order valence-corrected chi connectivity index (χ1v) is 9.21. The largest absolute Gasteiger partial charge is 1.00 e. The molecule has 0 bridgehead atoms. The molecule has 0 radical (unpaired) electrons. The van der Waals surface area contributed by atoms with Gasteiger partial charge in [0.1, 0.15) is 19.8 Å². The number of aryl methyl sites for hydroxylation is 2. The standard InChI is InChI=1S/C22H19N4O5.2HI/c1-23-11-9-17(20(14-23)25(28)29)5-3-16-4-8-22(27)19(13-16)7-6-18-10-12-24(2)15-21(18)26(30)31;;/h3-15H,1-2H3;2*1H/q+1;;/p-1. The minimum atomic E-state index is -0.467. The van der Waals surface area contributed by atoms with Gasteiger partial charge in [-0.2, -0.15) is 0 Å². The number of phenols is 1. The van der Waals surface area contributed by atoms with E-state index in [1.54, 1.807) is 84.2 Å². The van der Waals surface area contributed by atoms with Gasteiger partial charge in [-0.25, -0.2) is 9.13 Å². The van der Waals surface area contributed by atoms with Gasteiger partial charge in [-0.3, -0.25) is 20.2 Å². The SMILES string of the molecule is C[n+]1ccc(/C=C/c2ccc(O)c(/C=C/c3cc[n+](C)cc3[N+](=O)[O-])c2)c([N+](=O)[O-])c1.[I-].[I-]. The van der Waals surface area contributed by atoms with Crippen molar-refractivity contribution in [2.75, 3.05) is 0 Å². The Labute approximate surface area is 224 Å². The molecule has 0 saturated heterocycles. The van der Waals surface area contributed by atoms with Crippen LogP contribution in [0.1, 0.15) is 22.3 Å². The predicted molar refractivity (Wildman–Crippen MR) is 115 cm³/mol. The second-order valence-corrected chi connectivity index (χ2v) is 6.90. The van der Waals surface area contributed by atoms with Gasteiger partial charge in [0, 0.05) is 17.7 Å². The molecular formula is C22H20I2N4O5. The fourth-order valence-corrected chi connectivity index (χ4v) is 2.95. The number of aromatic nitrogens is 2. The minimum Gasteiger partial charge on any atom is -1.00 e. The molecule has 0 unspecified atom stereocenters. The number of rotatable bonds is 6. The number of nitrogens with zero attached hydrogens (tertiary/aromatic N) is 4. The van der Waals surface area contributed by atoms with Gasteiger partial charge in [0.2, 0.25) is 12.4 Å². The highest BCUT2D eigenvalue weighted by molar-refractivity contribution is 5.79. The smallest absolute Gasteiger partial charge is 0.339 e. The van der Waals surface area contributed by atoms with Crippen LogP contribution in [0, 0.1) is 20.2 Å². The van der Waals surface area contributed by atoms with Gasteiger partial charge in [0.25, 0.3) is 0 Å². The van der Waals surface area contributed by atoms with Crippen molar-refractivity contribution in [3.63, 3.8) is 0 Å². The summed E-state index contributed by atoms with van der Waals surface area (Å²) in [5, 5.41) is 32.7. The molecule has 0 saturated carbocycles. The zero-order valence-electron chi connectivity index (χ0n) is 17.6. The van der Waals surface area contributed by atoms with E-state index in [0.29, 0.717) is 22.3 Å². The van der Waals surface area contributed by atoms with Crippen molar-refractivity contribution >= 4 is 35.7 Å². The summed E-state index contributed by atoms with van der Waals surface area (Å²) in [5.41, 5.74) is 1.93. The molecule has 9 nitrogen and oxygen atoms in total. The fraction of sp³-hybridized carbons (Fsp3) is 0.0909. The lowest BCUT2D eigenvalue weighted by Crippen LogP contribution is -3.00. The quantitative estimate of drug-likeness (QED) is 0.132. The zero-order valence-corrected chi connectivity index (χ0v) is 21.9. The van der Waals surface area contributed by atoms with Gasteiger partial charge in [-0.1, -0.05) is 18.2 Å². The third-order valence-corrected chi connectivity index (χ3v) is 4.56. The average molecular weight is 674 g/mol. The van der Waals surface area contributed by atoms with E-state index in [2.05, 4.69) is 0 Å². The van der Waals surface area contributed by atoms with Gasteiger partial charge >= 0.3 is 11.4 Å². The summed E-state index contributed by atoms with van der Waals surface area (Å²) in [7, 11) is 3.40. The lowest BCUT2D eigenvalue weighted by Gasteiger charge is -2.02. The number of hydrogen-bond donors (Lipinski definition) is 1. The van der Waals surface area contributed by atoms with Gasteiger partial charge in [0.05, 0.1) is 21.0 Å². The Kier molecular flexibility index (Phi) is 10.5. The lowest BCUT2D eigenvalue weighted by atomic mass is 10.1. The Bertz CT molecular complexity index is 1250. The Hall–Kier alpha value is -2.94. The fourth-order valence-electron chi connectivity index (χ4n) is 2.95. The summed E-state index contributed by atoms with van der Waals surface area (Å²) in [5.74, 6) is 0.00950. The van der Waals surface area contributed by atoms with Gasteiger partial charge in [0.15, 0.2) is 12.4 Å². The third kappa shape index (κ3) is 7.28. The van der Waals surface area contributed by atoms with Crippen LogP contribution in [-0.4, -0.2) is 15.0 Å². The van der Waals surface area contributed by atoms with Crippen molar-refractivity contribution < 1.29 is 72.0 Å². The molecule has 33 heavy (non-hydrogen) atoms. The van der Waals surface area contributed by atoms with Crippen molar-refractivity contribution in [2.45, 2.75) is 0 Å². The van der Waals surface area contributed by atoms with E-state index in [4.69, 9.17) is 0 Å². The van der Waals surface area contributed by atoms with Crippen LogP contribution in [0.4, 0.5) is 11.4 Å². The zero-order chi connectivity index (χ0) is 22.5. The van der Waals surface area contributed by atoms with Crippen molar-refractivity contribution in [1.82, 2.24) is 0 Å². The first-order valence-electron chi connectivity index (χ1n) is 9.21. The highest BCUT2D eigenvalue weighted by atomic mass is 127. The number of nitro groups is 2. The molecule has 0 amide bonds. The Balaban J connectivity index is 0.00000272. The van der Waals surface area contributed by atoms with E-state index in [9.17, 15) is 25.3 Å². The average Bonchev–Trinajstić information content (AvgIpc) is 2.73. The van der Waals surface area contributed by atoms with E-state index < -0.39 is 9.85 Å². The molecule has 3 aromatic rings. The molecule has 0 atom stereocenters. The number of hydrogen-bond acceptors (Lipinski definition) is 5. The van der Waals surface area contributed by atoms with Crippen LogP contribution < -0.4 is 57.1 Å². The Morgan fingerprint density at radius 2 is 1.21 bits per heavy atom. The van der Waals surface area contributed by atoms with Crippen LogP contribution in [0.15, 0.2) is 55.1 Å². The van der Waals surface area contributed by atoms with Gasteiger partial charge in [-0.05, 0) is 29.8 Å². The molecule has 0 aliphatic carbocycles. The lowest BCUT2D eigenvalue weighted by molar-refractivity contribution is -0.674. The molecule has 3 rings (SSSR count). The molecule has 0 aliphatic heterocycles. The maximum absolute atomic E-state index is 11.3. The predicted octanol–water partition coefficient (Wildman–Crippen LogP) is -2.79. The molecule has 0 aliphatic rings. The summed E-state index contributed by atoms with van der Waals surface area (Å²) >= 11 is 0. The number of benzene rings is 1. The molecule has 2 aromatic heterocycles. The van der Waals surface area contributed by atoms with E-state index in [1.165, 1.54) is 18.5 Å². The van der Waals surface area contributed by atoms with Crippen LogP contribution >= 0.6 is 0 Å². The van der Waals surface area contributed by atoms with Crippen LogP contribution in [-0.2, 0) is 14.1 Å². The maximum atomic E-state index is 11.3. The number of halogens is 2. The van der Waals surface area contributed by atoms with E-state index in [-0.39, 0.29) is 65.1 Å². The minimum absolute atomic E-state index is 0. The first kappa shape index (κ1) is 28.1. The van der Waals surface area contributed by atoms with Crippen LogP contribution in [0.5, 0.6) is 5.75 Å². The highest BCUT2D eigenvalue weighted by Crippen LogP contribution is 2.25. The second-order valence-electron chi connectivity index (χ2n) is 6.90. The van der Waals surface area contributed by atoms with Crippen molar-refractivity contribution in [1.29, 1.82) is 0 Å². The van der Waals surface area contributed by atoms with E-state index >= 15 is 0 Å². The highest BCUT2D eigenvalue weighted by Gasteiger charge is 2.17. The van der Waals surface area contributed by atoms with E-state index in [0.717, 1.165) is 0 Å². The summed E-state index contributed by atoms with van der Waals surface area (Å²) in [6.45, 7) is 0.